The van der Waals surface area contributed by atoms with Crippen LogP contribution in [0, 0.1) is 0 Å². The van der Waals surface area contributed by atoms with E-state index in [0.29, 0.717) is 0 Å². The van der Waals surface area contributed by atoms with Crippen LogP contribution in [-0.2, 0) is 18.6 Å². The van der Waals surface area contributed by atoms with E-state index in [1.165, 1.54) is 0 Å². The summed E-state index contributed by atoms with van der Waals surface area (Å²) in [5, 5.41) is 0. The molecule has 2 heterocycles. The lowest BCUT2D eigenvalue weighted by molar-refractivity contribution is 0.00578. The third-order valence-corrected chi connectivity index (χ3v) is 5.45. The quantitative estimate of drug-likeness (QED) is 0.781. The summed E-state index contributed by atoms with van der Waals surface area (Å²) in [6, 6.07) is 8.11. The van der Waals surface area contributed by atoms with Gasteiger partial charge in [0.1, 0.15) is 0 Å². The van der Waals surface area contributed by atoms with E-state index in [9.17, 15) is 0 Å². The van der Waals surface area contributed by atoms with Crippen molar-refractivity contribution in [3.8, 4) is 0 Å². The second-order valence-corrected chi connectivity index (χ2v) is 8.09. The fourth-order valence-electron chi connectivity index (χ4n) is 2.68. The zero-order chi connectivity index (χ0) is 17.0. The van der Waals surface area contributed by atoms with E-state index in [1.807, 2.05) is 31.2 Å². The van der Waals surface area contributed by atoms with Gasteiger partial charge in [0.25, 0.3) is 0 Å². The number of benzene rings is 1. The fourth-order valence-corrected chi connectivity index (χ4v) is 2.68. The molecule has 6 heteroatoms. The molecular formula is C17H26B2O4. The van der Waals surface area contributed by atoms with Crippen LogP contribution in [0.2, 0.25) is 0 Å². The molecule has 0 bridgehead atoms. The molecule has 1 unspecified atom stereocenters. The summed E-state index contributed by atoms with van der Waals surface area (Å²) in [6.07, 6.45) is 0.0651. The van der Waals surface area contributed by atoms with Crippen molar-refractivity contribution in [2.24, 2.45) is 0 Å². The topological polar surface area (TPSA) is 36.9 Å². The molecule has 0 spiro atoms. The Morgan fingerprint density at radius 1 is 0.739 bits per heavy atom. The molecule has 1 aromatic rings. The van der Waals surface area contributed by atoms with Gasteiger partial charge in [0.2, 0.25) is 0 Å². The van der Waals surface area contributed by atoms with Gasteiger partial charge in [-0.15, -0.1) is 0 Å². The SMILES string of the molecule is CC1OB(c2ccc(B3OC(C)(C)C(C)(C)O3)cc2)OC1(C)C. The van der Waals surface area contributed by atoms with Gasteiger partial charge in [-0.2, -0.15) is 0 Å². The number of hydrogen-bond donors (Lipinski definition) is 0. The molecule has 23 heavy (non-hydrogen) atoms. The highest BCUT2D eigenvalue weighted by Gasteiger charge is 2.51. The molecule has 0 aromatic heterocycles. The molecule has 0 N–H and O–H groups in total. The summed E-state index contributed by atoms with van der Waals surface area (Å²) in [4.78, 5) is 0. The molecule has 2 fully saturated rings. The minimum absolute atomic E-state index is 0.0651. The first-order chi connectivity index (χ1) is 10.5. The van der Waals surface area contributed by atoms with E-state index in [2.05, 4.69) is 41.5 Å². The smallest absolute Gasteiger partial charge is 0.402 e. The summed E-state index contributed by atoms with van der Waals surface area (Å²) in [7, 11) is -0.651. The summed E-state index contributed by atoms with van der Waals surface area (Å²) in [5.41, 5.74) is 1.11. The zero-order valence-electron chi connectivity index (χ0n) is 15.2. The second kappa shape index (κ2) is 5.35. The maximum absolute atomic E-state index is 6.08. The molecule has 0 saturated carbocycles. The highest BCUT2D eigenvalue weighted by molar-refractivity contribution is 6.64. The van der Waals surface area contributed by atoms with Gasteiger partial charge < -0.3 is 18.6 Å². The van der Waals surface area contributed by atoms with Crippen molar-refractivity contribution in [1.29, 1.82) is 0 Å². The van der Waals surface area contributed by atoms with Crippen molar-refractivity contribution in [2.75, 3.05) is 0 Å². The first kappa shape index (κ1) is 17.0. The van der Waals surface area contributed by atoms with Crippen LogP contribution in [-0.4, -0.2) is 37.1 Å². The van der Waals surface area contributed by atoms with Gasteiger partial charge in [0.15, 0.2) is 0 Å². The van der Waals surface area contributed by atoms with Gasteiger partial charge in [-0.05, 0) is 59.4 Å². The lowest BCUT2D eigenvalue weighted by Crippen LogP contribution is -2.41. The predicted molar refractivity (Wildman–Crippen MR) is 93.3 cm³/mol. The van der Waals surface area contributed by atoms with Crippen LogP contribution in [0.15, 0.2) is 24.3 Å². The van der Waals surface area contributed by atoms with Crippen LogP contribution in [0.1, 0.15) is 48.5 Å². The number of rotatable bonds is 2. The van der Waals surface area contributed by atoms with Crippen LogP contribution in [0.25, 0.3) is 0 Å². The Morgan fingerprint density at radius 2 is 1.17 bits per heavy atom. The van der Waals surface area contributed by atoms with Gasteiger partial charge in [-0.3, -0.25) is 0 Å². The van der Waals surface area contributed by atoms with E-state index in [0.717, 1.165) is 10.9 Å². The highest BCUT2D eigenvalue weighted by Crippen LogP contribution is 2.36. The Labute approximate surface area is 140 Å². The van der Waals surface area contributed by atoms with Crippen LogP contribution >= 0.6 is 0 Å². The van der Waals surface area contributed by atoms with E-state index < -0.39 is 0 Å². The Kier molecular flexibility index (Phi) is 3.96. The van der Waals surface area contributed by atoms with Gasteiger partial charge in [0.05, 0.1) is 22.9 Å². The van der Waals surface area contributed by atoms with Gasteiger partial charge in [-0.25, -0.2) is 0 Å². The molecule has 1 atom stereocenters. The predicted octanol–water partition coefficient (Wildman–Crippen LogP) is 1.89. The molecule has 0 amide bonds. The molecule has 2 aliphatic rings. The Bertz CT molecular complexity index is 567. The minimum atomic E-state index is -0.338. The van der Waals surface area contributed by atoms with Crippen LogP contribution in [0.3, 0.4) is 0 Å². The van der Waals surface area contributed by atoms with Crippen molar-refractivity contribution in [3.05, 3.63) is 24.3 Å². The monoisotopic (exact) mass is 316 g/mol. The van der Waals surface area contributed by atoms with Crippen molar-refractivity contribution >= 4 is 25.2 Å². The average molecular weight is 316 g/mol. The Balaban J connectivity index is 1.74. The van der Waals surface area contributed by atoms with Gasteiger partial charge in [-0.1, -0.05) is 24.3 Å². The van der Waals surface area contributed by atoms with Gasteiger partial charge >= 0.3 is 14.2 Å². The maximum Gasteiger partial charge on any atom is 0.494 e. The molecule has 2 saturated heterocycles. The largest absolute Gasteiger partial charge is 0.494 e. The third-order valence-electron chi connectivity index (χ3n) is 5.45. The highest BCUT2D eigenvalue weighted by atomic mass is 16.7. The minimum Gasteiger partial charge on any atom is -0.402 e. The van der Waals surface area contributed by atoms with Crippen molar-refractivity contribution in [1.82, 2.24) is 0 Å². The van der Waals surface area contributed by atoms with Crippen LogP contribution in [0.4, 0.5) is 0 Å². The summed E-state index contributed by atoms with van der Waals surface area (Å²) in [6.45, 7) is 14.4. The molecular weight excluding hydrogens is 290 g/mol. The fraction of sp³-hybridized carbons (Fsp3) is 0.647. The Morgan fingerprint density at radius 3 is 1.57 bits per heavy atom. The van der Waals surface area contributed by atoms with Crippen molar-refractivity contribution in [2.45, 2.75) is 71.4 Å². The first-order valence-corrected chi connectivity index (χ1v) is 8.31. The van der Waals surface area contributed by atoms with E-state index in [-0.39, 0.29) is 37.1 Å². The Hall–Kier alpha value is -0.810. The van der Waals surface area contributed by atoms with E-state index in [1.54, 1.807) is 0 Å². The van der Waals surface area contributed by atoms with E-state index >= 15 is 0 Å². The number of hydrogen-bond acceptors (Lipinski definition) is 4. The lowest BCUT2D eigenvalue weighted by Gasteiger charge is -2.32. The average Bonchev–Trinajstić information content (AvgIpc) is 2.83. The lowest BCUT2D eigenvalue weighted by atomic mass is 9.74. The molecule has 124 valence electrons. The normalized spacial score (nSPS) is 28.4. The van der Waals surface area contributed by atoms with Crippen molar-refractivity contribution in [3.63, 3.8) is 0 Å². The van der Waals surface area contributed by atoms with E-state index in [4.69, 9.17) is 18.6 Å². The molecule has 0 aliphatic carbocycles. The van der Waals surface area contributed by atoms with Crippen LogP contribution in [0.5, 0.6) is 0 Å². The third kappa shape index (κ3) is 2.98. The summed E-state index contributed by atoms with van der Waals surface area (Å²) < 4.78 is 24.1. The summed E-state index contributed by atoms with van der Waals surface area (Å²) in [5.74, 6) is 0. The first-order valence-electron chi connectivity index (χ1n) is 8.31. The second-order valence-electron chi connectivity index (χ2n) is 8.09. The molecule has 3 rings (SSSR count). The maximum atomic E-state index is 6.08. The molecule has 0 radical (unpaired) electrons. The molecule has 2 aliphatic heterocycles. The van der Waals surface area contributed by atoms with Crippen molar-refractivity contribution < 1.29 is 18.6 Å². The van der Waals surface area contributed by atoms with Gasteiger partial charge in [0, 0.05) is 0 Å². The van der Waals surface area contributed by atoms with Crippen LogP contribution < -0.4 is 10.9 Å². The summed E-state index contributed by atoms with van der Waals surface area (Å²) >= 11 is 0. The zero-order valence-corrected chi connectivity index (χ0v) is 15.2. The molecule has 1 aromatic carbocycles. The molecule has 4 nitrogen and oxygen atoms in total. The standard InChI is InChI=1S/C17H26B2O4/c1-12-15(2,3)21-18(20-12)13-8-10-14(11-9-13)19-22-16(4,5)17(6,7)23-19/h8-12H,1-7H3.